The molecule has 1 atom stereocenters. The lowest BCUT2D eigenvalue weighted by molar-refractivity contribution is -0.223. The van der Waals surface area contributed by atoms with Crippen LogP contribution < -0.4 is 10.6 Å². The van der Waals surface area contributed by atoms with Crippen LogP contribution in [0.25, 0.3) is 0 Å². The minimum absolute atomic E-state index is 0.206. The van der Waals surface area contributed by atoms with Gasteiger partial charge in [0.15, 0.2) is 0 Å². The van der Waals surface area contributed by atoms with Gasteiger partial charge in [0.05, 0.1) is 6.61 Å². The van der Waals surface area contributed by atoms with Gasteiger partial charge in [-0.15, -0.1) is 0 Å². The van der Waals surface area contributed by atoms with Crippen molar-refractivity contribution in [3.63, 3.8) is 0 Å². The van der Waals surface area contributed by atoms with Crippen LogP contribution in [0, 0.1) is 0 Å². The van der Waals surface area contributed by atoms with E-state index in [1.807, 2.05) is 0 Å². The van der Waals surface area contributed by atoms with Gasteiger partial charge in [-0.3, -0.25) is 10.1 Å². The number of rotatable bonds is 5. The minimum atomic E-state index is -5.00. The second-order valence-corrected chi connectivity index (χ2v) is 5.13. The first-order chi connectivity index (χ1) is 9.73. The fraction of sp³-hybridized carbons (Fsp3) is 0.846. The van der Waals surface area contributed by atoms with Crippen LogP contribution in [0.3, 0.4) is 0 Å². The van der Waals surface area contributed by atoms with Gasteiger partial charge in [0.25, 0.3) is 5.66 Å². The Balaban J connectivity index is 3.08. The molecule has 0 aromatic carbocycles. The van der Waals surface area contributed by atoms with E-state index in [0.717, 1.165) is 26.2 Å². The molecule has 21 heavy (non-hydrogen) atoms. The van der Waals surface area contributed by atoms with E-state index in [0.29, 0.717) is 12.8 Å². The van der Waals surface area contributed by atoms with Crippen LogP contribution in [0.2, 0.25) is 0 Å². The Morgan fingerprint density at radius 1 is 1.19 bits per heavy atom. The third-order valence-electron chi connectivity index (χ3n) is 3.40. The number of alkyl halides is 3. The third kappa shape index (κ3) is 4.33. The van der Waals surface area contributed by atoms with Crippen molar-refractivity contribution in [3.05, 3.63) is 0 Å². The molecule has 0 aromatic heterocycles. The summed E-state index contributed by atoms with van der Waals surface area (Å²) >= 11 is 0. The zero-order chi connectivity index (χ0) is 16.1. The summed E-state index contributed by atoms with van der Waals surface area (Å²) in [6, 6.07) is -0.489. The molecule has 1 amide bonds. The number of hydrogen-bond donors (Lipinski definition) is 2. The topological polar surface area (TPSA) is 67.4 Å². The van der Waals surface area contributed by atoms with Crippen molar-refractivity contribution in [2.45, 2.75) is 63.8 Å². The zero-order valence-corrected chi connectivity index (χ0v) is 12.2. The van der Waals surface area contributed by atoms with Gasteiger partial charge in [0.2, 0.25) is 5.91 Å². The maximum Gasteiger partial charge on any atom is 0.436 e. The Labute approximate surface area is 121 Å². The lowest BCUT2D eigenvalue weighted by atomic mass is 9.93. The van der Waals surface area contributed by atoms with E-state index in [1.165, 1.54) is 6.92 Å². The molecule has 0 bridgehead atoms. The minimum Gasteiger partial charge on any atom is -0.463 e. The van der Waals surface area contributed by atoms with Crippen molar-refractivity contribution in [2.24, 2.45) is 0 Å². The molecule has 0 heterocycles. The van der Waals surface area contributed by atoms with E-state index in [2.05, 4.69) is 10.1 Å². The predicted molar refractivity (Wildman–Crippen MR) is 69.2 cm³/mol. The number of nitrogens with one attached hydrogen (secondary N) is 2. The summed E-state index contributed by atoms with van der Waals surface area (Å²) in [5, 5.41) is 4.01. The van der Waals surface area contributed by atoms with Crippen LogP contribution >= 0.6 is 0 Å². The van der Waals surface area contributed by atoms with Gasteiger partial charge >= 0.3 is 12.1 Å². The summed E-state index contributed by atoms with van der Waals surface area (Å²) in [4.78, 5) is 23.1. The Bertz CT molecular complexity index is 381. The molecule has 1 rings (SSSR count). The maximum absolute atomic E-state index is 13.5. The van der Waals surface area contributed by atoms with Gasteiger partial charge in [-0.2, -0.15) is 13.2 Å². The van der Waals surface area contributed by atoms with Crippen LogP contribution in [0.1, 0.15) is 46.0 Å². The quantitative estimate of drug-likeness (QED) is 0.601. The third-order valence-corrected chi connectivity index (χ3v) is 3.40. The number of carbonyl (C=O) groups is 2. The lowest BCUT2D eigenvalue weighted by Crippen LogP contribution is -2.74. The van der Waals surface area contributed by atoms with Crippen molar-refractivity contribution in [3.8, 4) is 0 Å². The first-order valence-electron chi connectivity index (χ1n) is 7.03. The van der Waals surface area contributed by atoms with Crippen LogP contribution in [-0.2, 0) is 14.3 Å². The largest absolute Gasteiger partial charge is 0.463 e. The highest BCUT2D eigenvalue weighted by molar-refractivity contribution is 5.87. The Morgan fingerprint density at radius 2 is 1.76 bits per heavy atom. The molecule has 122 valence electrons. The van der Waals surface area contributed by atoms with E-state index < -0.39 is 29.8 Å². The van der Waals surface area contributed by atoms with Gasteiger partial charge in [-0.05, 0) is 19.8 Å². The van der Waals surface area contributed by atoms with Crippen LogP contribution in [0.4, 0.5) is 13.2 Å². The number of hydrogen-bond acceptors (Lipinski definition) is 4. The van der Waals surface area contributed by atoms with Gasteiger partial charge in [0.1, 0.15) is 0 Å². The normalized spacial score (nSPS) is 19.7. The van der Waals surface area contributed by atoms with Crippen molar-refractivity contribution >= 4 is 11.9 Å². The molecular formula is C13H21F3N2O3. The molecule has 1 aliphatic carbocycles. The average molecular weight is 310 g/mol. The molecule has 0 aliphatic heterocycles. The molecule has 1 aliphatic rings. The molecule has 0 aromatic rings. The van der Waals surface area contributed by atoms with Crippen LogP contribution in [0.15, 0.2) is 0 Å². The SMILES string of the molecule is CCOC(=O)C(NC(C)=O)(NC1CCCCC1)C(F)(F)F. The first kappa shape index (κ1) is 17.7. The highest BCUT2D eigenvalue weighted by atomic mass is 19.4. The molecule has 1 saturated carbocycles. The number of amides is 1. The zero-order valence-electron chi connectivity index (χ0n) is 12.2. The van der Waals surface area contributed by atoms with E-state index in [9.17, 15) is 22.8 Å². The lowest BCUT2D eigenvalue weighted by Gasteiger charge is -2.38. The molecule has 2 N–H and O–H groups in total. The Hall–Kier alpha value is -1.31. The van der Waals surface area contributed by atoms with Crippen molar-refractivity contribution in [2.75, 3.05) is 6.61 Å². The van der Waals surface area contributed by atoms with Crippen molar-refractivity contribution < 1.29 is 27.5 Å². The second-order valence-electron chi connectivity index (χ2n) is 5.13. The smallest absolute Gasteiger partial charge is 0.436 e. The van der Waals surface area contributed by atoms with Crippen molar-refractivity contribution in [1.29, 1.82) is 0 Å². The van der Waals surface area contributed by atoms with Crippen LogP contribution in [0.5, 0.6) is 0 Å². The maximum atomic E-state index is 13.5. The summed E-state index contributed by atoms with van der Waals surface area (Å²) in [5.41, 5.74) is -3.18. The number of halogens is 3. The second kappa shape index (κ2) is 7.11. The summed E-state index contributed by atoms with van der Waals surface area (Å²) in [7, 11) is 0. The molecule has 1 unspecified atom stereocenters. The number of esters is 1. The molecule has 0 radical (unpaired) electrons. The van der Waals surface area contributed by atoms with Gasteiger partial charge in [0, 0.05) is 13.0 Å². The van der Waals surface area contributed by atoms with E-state index in [1.54, 1.807) is 5.32 Å². The van der Waals surface area contributed by atoms with Crippen molar-refractivity contribution in [1.82, 2.24) is 10.6 Å². The standard InChI is InChI=1S/C13H21F3N2O3/c1-3-21-11(20)12(13(14,15)16,17-9(2)19)18-10-7-5-4-6-8-10/h10,18H,3-8H2,1-2H3,(H,17,19). The fourth-order valence-electron chi connectivity index (χ4n) is 2.47. The Kier molecular flexibility index (Phi) is 6.00. The first-order valence-corrected chi connectivity index (χ1v) is 7.03. The highest BCUT2D eigenvalue weighted by Crippen LogP contribution is 2.32. The Morgan fingerprint density at radius 3 is 2.19 bits per heavy atom. The fourth-order valence-corrected chi connectivity index (χ4v) is 2.47. The summed E-state index contributed by atoms with van der Waals surface area (Å²) in [5.74, 6) is -2.48. The molecule has 8 heteroatoms. The summed E-state index contributed by atoms with van der Waals surface area (Å²) in [6.07, 6.45) is -1.42. The number of ether oxygens (including phenoxy) is 1. The molecule has 0 spiro atoms. The molecular weight excluding hydrogens is 289 g/mol. The van der Waals surface area contributed by atoms with Gasteiger partial charge < -0.3 is 10.1 Å². The summed E-state index contributed by atoms with van der Waals surface area (Å²) < 4.78 is 45.0. The predicted octanol–water partition coefficient (Wildman–Crippen LogP) is 1.87. The van der Waals surface area contributed by atoms with E-state index in [-0.39, 0.29) is 6.61 Å². The number of carbonyl (C=O) groups excluding carboxylic acids is 2. The monoisotopic (exact) mass is 310 g/mol. The molecule has 5 nitrogen and oxygen atoms in total. The summed E-state index contributed by atoms with van der Waals surface area (Å²) in [6.45, 7) is 2.14. The highest BCUT2D eigenvalue weighted by Gasteiger charge is 2.63. The molecule has 0 saturated heterocycles. The average Bonchev–Trinajstić information content (AvgIpc) is 2.37. The van der Waals surface area contributed by atoms with E-state index in [4.69, 9.17) is 0 Å². The van der Waals surface area contributed by atoms with Gasteiger partial charge in [-0.25, -0.2) is 4.79 Å². The van der Waals surface area contributed by atoms with Gasteiger partial charge in [-0.1, -0.05) is 19.3 Å². The van der Waals surface area contributed by atoms with E-state index >= 15 is 0 Å². The van der Waals surface area contributed by atoms with Crippen LogP contribution in [-0.4, -0.2) is 36.4 Å². The molecule has 1 fully saturated rings.